The van der Waals surface area contributed by atoms with Crippen molar-refractivity contribution in [1.29, 1.82) is 0 Å². The van der Waals surface area contributed by atoms with E-state index in [-0.39, 0.29) is 0 Å². The molecule has 0 bridgehead atoms. The third-order valence-electron chi connectivity index (χ3n) is 5.90. The minimum Gasteiger partial charge on any atom is -0.296 e. The molecule has 2 fully saturated rings. The van der Waals surface area contributed by atoms with Gasteiger partial charge in [0.1, 0.15) is 0 Å². The Morgan fingerprint density at radius 2 is 1.48 bits per heavy atom. The summed E-state index contributed by atoms with van der Waals surface area (Å²) in [6.45, 7) is 2.44. The van der Waals surface area contributed by atoms with Gasteiger partial charge in [0, 0.05) is 12.6 Å². The summed E-state index contributed by atoms with van der Waals surface area (Å²) >= 11 is 0. The fourth-order valence-corrected chi connectivity index (χ4v) is 4.78. The van der Waals surface area contributed by atoms with Crippen molar-refractivity contribution in [3.8, 4) is 0 Å². The normalized spacial score (nSPS) is 27.7. The Morgan fingerprint density at radius 3 is 2.22 bits per heavy atom. The molecule has 1 aliphatic carbocycles. The van der Waals surface area contributed by atoms with Gasteiger partial charge in [0.15, 0.2) is 0 Å². The molecule has 1 nitrogen and oxygen atoms in total. The third kappa shape index (κ3) is 3.50. The molecule has 2 aromatic rings. The summed E-state index contributed by atoms with van der Waals surface area (Å²) in [6, 6.07) is 22.9. The molecule has 2 aromatic carbocycles. The minimum absolute atomic E-state index is 0.835. The van der Waals surface area contributed by atoms with Crippen LogP contribution in [0.4, 0.5) is 0 Å². The quantitative estimate of drug-likeness (QED) is 0.775. The summed E-state index contributed by atoms with van der Waals surface area (Å²) < 4.78 is 0. The number of hydrogen-bond donors (Lipinski definition) is 0. The third-order valence-corrected chi connectivity index (χ3v) is 5.90. The molecule has 4 rings (SSSR count). The first-order valence-corrected chi connectivity index (χ1v) is 9.20. The Labute approximate surface area is 140 Å². The van der Waals surface area contributed by atoms with Gasteiger partial charge in [-0.15, -0.1) is 0 Å². The van der Waals surface area contributed by atoms with Gasteiger partial charge in [-0.2, -0.15) is 0 Å². The first-order valence-electron chi connectivity index (χ1n) is 9.20. The Hall–Kier alpha value is -1.60. The summed E-state index contributed by atoms with van der Waals surface area (Å²) in [5.74, 6) is 1.83. The molecule has 0 spiro atoms. The van der Waals surface area contributed by atoms with E-state index >= 15 is 0 Å². The maximum Gasteiger partial charge on any atom is 0.0236 e. The second-order valence-electron chi connectivity index (χ2n) is 7.44. The van der Waals surface area contributed by atoms with Crippen molar-refractivity contribution in [2.24, 2.45) is 11.8 Å². The Morgan fingerprint density at radius 1 is 0.783 bits per heavy atom. The van der Waals surface area contributed by atoms with Gasteiger partial charge >= 0.3 is 0 Å². The van der Waals surface area contributed by atoms with Crippen molar-refractivity contribution in [1.82, 2.24) is 4.90 Å². The average Bonchev–Trinajstić information content (AvgIpc) is 2.99. The van der Waals surface area contributed by atoms with Gasteiger partial charge in [-0.1, -0.05) is 60.7 Å². The van der Waals surface area contributed by atoms with Gasteiger partial charge < -0.3 is 0 Å². The molecule has 0 radical (unpaired) electrons. The number of benzene rings is 2. The summed E-state index contributed by atoms with van der Waals surface area (Å²) in [6.07, 6.45) is 6.92. The van der Waals surface area contributed by atoms with Gasteiger partial charge in [-0.3, -0.25) is 4.90 Å². The van der Waals surface area contributed by atoms with Crippen LogP contribution in [0.5, 0.6) is 0 Å². The molecule has 3 atom stereocenters. The smallest absolute Gasteiger partial charge is 0.0236 e. The van der Waals surface area contributed by atoms with E-state index < -0.39 is 0 Å². The van der Waals surface area contributed by atoms with Crippen molar-refractivity contribution in [3.05, 3.63) is 71.8 Å². The molecule has 2 aliphatic rings. The van der Waals surface area contributed by atoms with E-state index in [0.29, 0.717) is 0 Å². The lowest BCUT2D eigenvalue weighted by atomic mass is 9.76. The summed E-state index contributed by atoms with van der Waals surface area (Å²) in [5.41, 5.74) is 3.00. The van der Waals surface area contributed by atoms with Gasteiger partial charge in [-0.25, -0.2) is 0 Å². The average molecular weight is 305 g/mol. The Kier molecular flexibility index (Phi) is 4.48. The molecule has 1 heteroatoms. The van der Waals surface area contributed by atoms with Gasteiger partial charge in [0.05, 0.1) is 0 Å². The van der Waals surface area contributed by atoms with Crippen LogP contribution in [0.2, 0.25) is 0 Å². The Balaban J connectivity index is 1.35. The zero-order valence-corrected chi connectivity index (χ0v) is 13.9. The molecular weight excluding hydrogens is 278 g/mol. The lowest BCUT2D eigenvalue weighted by Gasteiger charge is -2.36. The number of fused-ring (bicyclic) bond motifs is 1. The topological polar surface area (TPSA) is 3.24 Å². The fraction of sp³-hybridized carbons (Fsp3) is 0.455. The van der Waals surface area contributed by atoms with E-state index in [4.69, 9.17) is 0 Å². The van der Waals surface area contributed by atoms with Crippen molar-refractivity contribution >= 4 is 0 Å². The van der Waals surface area contributed by atoms with Gasteiger partial charge in [0.2, 0.25) is 0 Å². The first-order chi connectivity index (χ1) is 11.4. The van der Waals surface area contributed by atoms with E-state index in [1.807, 2.05) is 0 Å². The highest BCUT2D eigenvalue weighted by atomic mass is 15.2. The number of likely N-dealkylation sites (tertiary alicyclic amines) is 1. The summed E-state index contributed by atoms with van der Waals surface area (Å²) in [4.78, 5) is 2.75. The van der Waals surface area contributed by atoms with Gasteiger partial charge in [0.25, 0.3) is 0 Å². The van der Waals surface area contributed by atoms with E-state index in [0.717, 1.165) is 24.4 Å². The lowest BCUT2D eigenvalue weighted by molar-refractivity contribution is 0.146. The summed E-state index contributed by atoms with van der Waals surface area (Å²) in [5, 5.41) is 0. The number of hydrogen-bond acceptors (Lipinski definition) is 1. The molecule has 1 saturated heterocycles. The molecule has 0 aromatic heterocycles. The highest BCUT2D eigenvalue weighted by Gasteiger charge is 2.38. The van der Waals surface area contributed by atoms with Crippen LogP contribution in [0, 0.1) is 11.8 Å². The maximum atomic E-state index is 2.75. The predicted molar refractivity (Wildman–Crippen MR) is 96.2 cm³/mol. The van der Waals surface area contributed by atoms with E-state index in [1.165, 1.54) is 49.8 Å². The second-order valence-corrected chi connectivity index (χ2v) is 7.44. The molecule has 3 unspecified atom stereocenters. The van der Waals surface area contributed by atoms with Crippen molar-refractivity contribution < 1.29 is 0 Å². The van der Waals surface area contributed by atoms with Crippen LogP contribution < -0.4 is 0 Å². The van der Waals surface area contributed by atoms with E-state index in [1.54, 1.807) is 0 Å². The largest absolute Gasteiger partial charge is 0.296 e. The van der Waals surface area contributed by atoms with Crippen molar-refractivity contribution in [3.63, 3.8) is 0 Å². The molecule has 0 N–H and O–H groups in total. The fourth-order valence-electron chi connectivity index (χ4n) is 4.78. The SMILES string of the molecule is c1ccc(CC2CCC3C(CCN3Cc3ccccc3)C2)cc1. The zero-order valence-electron chi connectivity index (χ0n) is 13.9. The standard InChI is InChI=1S/C22H27N/c1-3-7-18(8-4-1)15-20-11-12-22-21(16-20)13-14-23(22)17-19-9-5-2-6-10-19/h1-10,20-22H,11-17H2. The van der Waals surface area contributed by atoms with Crippen LogP contribution >= 0.6 is 0 Å². The van der Waals surface area contributed by atoms with Crippen molar-refractivity contribution in [2.45, 2.75) is 44.7 Å². The zero-order chi connectivity index (χ0) is 15.5. The molecule has 23 heavy (non-hydrogen) atoms. The molecule has 1 heterocycles. The molecule has 1 saturated carbocycles. The highest BCUT2D eigenvalue weighted by Crippen LogP contribution is 2.40. The van der Waals surface area contributed by atoms with Crippen LogP contribution in [-0.2, 0) is 13.0 Å². The molecule has 120 valence electrons. The number of nitrogens with zero attached hydrogens (tertiary/aromatic N) is 1. The minimum atomic E-state index is 0.835. The van der Waals surface area contributed by atoms with Crippen LogP contribution in [0.25, 0.3) is 0 Å². The lowest BCUT2D eigenvalue weighted by Crippen LogP contribution is -2.36. The molecule has 1 aliphatic heterocycles. The highest BCUT2D eigenvalue weighted by molar-refractivity contribution is 5.16. The predicted octanol–water partition coefficient (Wildman–Crippen LogP) is 4.92. The first kappa shape index (κ1) is 15.0. The summed E-state index contributed by atoms with van der Waals surface area (Å²) in [7, 11) is 0. The number of rotatable bonds is 4. The Bertz CT molecular complexity index is 606. The van der Waals surface area contributed by atoms with Gasteiger partial charge in [-0.05, 0) is 61.6 Å². The van der Waals surface area contributed by atoms with Crippen LogP contribution in [0.3, 0.4) is 0 Å². The van der Waals surface area contributed by atoms with E-state index in [9.17, 15) is 0 Å². The van der Waals surface area contributed by atoms with E-state index in [2.05, 4.69) is 65.6 Å². The van der Waals surface area contributed by atoms with Crippen LogP contribution in [-0.4, -0.2) is 17.5 Å². The maximum absolute atomic E-state index is 2.75. The molecule has 0 amide bonds. The van der Waals surface area contributed by atoms with Crippen molar-refractivity contribution in [2.75, 3.05) is 6.54 Å². The van der Waals surface area contributed by atoms with Crippen LogP contribution in [0.15, 0.2) is 60.7 Å². The second kappa shape index (κ2) is 6.88. The molecular formula is C22H27N. The van der Waals surface area contributed by atoms with Crippen LogP contribution in [0.1, 0.15) is 36.8 Å². The monoisotopic (exact) mass is 305 g/mol.